The number of fused-ring (bicyclic) bond motifs is 10. The molecule has 8 nitrogen and oxygen atoms in total. The van der Waals surface area contributed by atoms with Gasteiger partial charge >= 0.3 is 0 Å². The Morgan fingerprint density at radius 3 is 1.50 bits per heavy atom. The van der Waals surface area contributed by atoms with E-state index >= 15 is 0 Å². The smallest absolute Gasteiger partial charge is 0.119 e. The number of hydrogen-bond acceptors (Lipinski definition) is 6. The zero-order valence-corrected chi connectivity index (χ0v) is 24.9. The molecule has 0 aliphatic carbocycles. The molecule has 2 aromatic heterocycles. The monoisotopic (exact) mass is 590 g/mol. The van der Waals surface area contributed by atoms with E-state index < -0.39 is 0 Å². The van der Waals surface area contributed by atoms with E-state index in [9.17, 15) is 15.3 Å². The first-order valence-electron chi connectivity index (χ1n) is 14.2. The highest BCUT2D eigenvalue weighted by molar-refractivity contribution is 5.98. The zero-order valence-electron chi connectivity index (χ0n) is 24.9. The van der Waals surface area contributed by atoms with E-state index in [0.29, 0.717) is 5.75 Å². The Bertz CT molecular complexity index is 2070. The molecule has 4 aromatic carbocycles. The van der Waals surface area contributed by atoms with Crippen LogP contribution >= 0.6 is 0 Å². The van der Waals surface area contributed by atoms with Crippen LogP contribution in [0.15, 0.2) is 72.8 Å². The standard InChI is InChI=1S/C18H18N2O2.C17H16N2O2.CH4/c1-19-10-15-13-8-11(21)4-6-17(13)20(2)18(15)14-9-12(22-3)5-7-16(14)19;1-18-9-14-12-7-10(20)4-6-16(12)19(2)17(14)13-8-11(21)3-5-15(13)18;/h4-9,21H,10H2,1-3H3;3-8,20-21H,9H2,1-2H3;1H4. The number of phenols is 3. The fourth-order valence-corrected chi connectivity index (χ4v) is 6.88. The van der Waals surface area contributed by atoms with Crippen molar-refractivity contribution in [3.05, 3.63) is 83.9 Å². The van der Waals surface area contributed by atoms with Crippen molar-refractivity contribution in [2.45, 2.75) is 20.5 Å². The van der Waals surface area contributed by atoms with Gasteiger partial charge in [0, 0.05) is 96.7 Å². The topological polar surface area (TPSA) is 86.3 Å². The molecule has 2 aliphatic rings. The van der Waals surface area contributed by atoms with Gasteiger partial charge in [0.25, 0.3) is 0 Å². The third kappa shape index (κ3) is 4.28. The van der Waals surface area contributed by atoms with E-state index in [1.165, 1.54) is 28.1 Å². The quantitative estimate of drug-likeness (QED) is 0.186. The van der Waals surface area contributed by atoms with Crippen molar-refractivity contribution in [2.24, 2.45) is 14.1 Å². The summed E-state index contributed by atoms with van der Waals surface area (Å²) in [5, 5.41) is 31.6. The maximum atomic E-state index is 9.84. The SMILES string of the molecule is C.CN1Cc2c(n(C)c3ccc(O)cc23)-c2cc(O)ccc21.COc1ccc2c(c1)-c1c(c3cc(O)ccc3n1C)CN2C. The zero-order chi connectivity index (χ0) is 30.2. The molecule has 0 fully saturated rings. The number of aromatic nitrogens is 2. The fourth-order valence-electron chi connectivity index (χ4n) is 6.88. The van der Waals surface area contributed by atoms with Gasteiger partial charge in [-0.05, 0) is 72.8 Å². The Balaban J connectivity index is 0.000000153. The lowest BCUT2D eigenvalue weighted by atomic mass is 9.98. The number of nitrogens with zero attached hydrogens (tertiary/aromatic N) is 4. The van der Waals surface area contributed by atoms with Crippen molar-refractivity contribution in [2.75, 3.05) is 31.0 Å². The van der Waals surface area contributed by atoms with Gasteiger partial charge in [-0.15, -0.1) is 0 Å². The molecule has 0 unspecified atom stereocenters. The van der Waals surface area contributed by atoms with E-state index in [1.54, 1.807) is 25.3 Å². The van der Waals surface area contributed by atoms with Crippen molar-refractivity contribution in [3.8, 4) is 45.5 Å². The summed E-state index contributed by atoms with van der Waals surface area (Å²) in [5.41, 5.74) is 11.5. The molecule has 4 heterocycles. The molecular formula is C36H38N4O4. The normalized spacial score (nSPS) is 12.9. The predicted molar refractivity (Wildman–Crippen MR) is 179 cm³/mol. The van der Waals surface area contributed by atoms with Gasteiger partial charge in [-0.3, -0.25) is 0 Å². The number of ether oxygens (including phenoxy) is 1. The summed E-state index contributed by atoms with van der Waals surface area (Å²) >= 11 is 0. The van der Waals surface area contributed by atoms with Gasteiger partial charge in [0.05, 0.1) is 18.5 Å². The van der Waals surface area contributed by atoms with Crippen LogP contribution in [0.4, 0.5) is 11.4 Å². The lowest BCUT2D eigenvalue weighted by Crippen LogP contribution is -2.21. The number of aromatic hydroxyl groups is 3. The molecule has 0 bridgehead atoms. The van der Waals surface area contributed by atoms with Crippen LogP contribution in [-0.4, -0.2) is 45.7 Å². The van der Waals surface area contributed by atoms with E-state index in [0.717, 1.165) is 57.6 Å². The summed E-state index contributed by atoms with van der Waals surface area (Å²) in [7, 11) is 9.93. The highest BCUT2D eigenvalue weighted by Gasteiger charge is 2.27. The Morgan fingerprint density at radius 1 is 0.568 bits per heavy atom. The largest absolute Gasteiger partial charge is 0.508 e. The molecule has 8 heteroatoms. The van der Waals surface area contributed by atoms with Crippen LogP contribution in [0, 0.1) is 0 Å². The molecule has 0 saturated heterocycles. The summed E-state index contributed by atoms with van der Waals surface area (Å²) in [5.74, 6) is 1.71. The molecule has 226 valence electrons. The first kappa shape index (κ1) is 28.9. The number of methoxy groups -OCH3 is 1. The summed E-state index contributed by atoms with van der Waals surface area (Å²) in [6.45, 7) is 1.61. The van der Waals surface area contributed by atoms with Gasteiger partial charge < -0.3 is 39.0 Å². The second-order valence-electron chi connectivity index (χ2n) is 11.5. The molecule has 0 radical (unpaired) electrons. The van der Waals surface area contributed by atoms with Crippen molar-refractivity contribution in [1.82, 2.24) is 9.13 Å². The minimum Gasteiger partial charge on any atom is -0.508 e. The van der Waals surface area contributed by atoms with Crippen LogP contribution in [0.5, 0.6) is 23.0 Å². The minimum atomic E-state index is 0. The summed E-state index contributed by atoms with van der Waals surface area (Å²) < 4.78 is 9.73. The minimum absolute atomic E-state index is 0. The number of rotatable bonds is 1. The van der Waals surface area contributed by atoms with Gasteiger partial charge in [0.15, 0.2) is 0 Å². The Labute approximate surface area is 257 Å². The maximum absolute atomic E-state index is 9.84. The van der Waals surface area contributed by atoms with E-state index in [-0.39, 0.29) is 18.9 Å². The average Bonchev–Trinajstić information content (AvgIpc) is 3.42. The number of hydrogen-bond donors (Lipinski definition) is 3. The predicted octanol–water partition coefficient (Wildman–Crippen LogP) is 7.35. The molecular weight excluding hydrogens is 552 g/mol. The summed E-state index contributed by atoms with van der Waals surface area (Å²) in [6, 6.07) is 22.7. The molecule has 0 saturated carbocycles. The fraction of sp³-hybridized carbons (Fsp3) is 0.222. The summed E-state index contributed by atoms with van der Waals surface area (Å²) in [4.78, 5) is 4.40. The lowest BCUT2D eigenvalue weighted by molar-refractivity contribution is 0.415. The molecule has 0 amide bonds. The molecule has 0 atom stereocenters. The first-order valence-corrected chi connectivity index (χ1v) is 14.2. The van der Waals surface area contributed by atoms with Gasteiger partial charge in [0.2, 0.25) is 0 Å². The van der Waals surface area contributed by atoms with Gasteiger partial charge in [0.1, 0.15) is 23.0 Å². The molecule has 6 aromatic rings. The number of anilines is 2. The molecule has 8 rings (SSSR count). The molecule has 3 N–H and O–H groups in total. The van der Waals surface area contributed by atoms with Crippen LogP contribution in [-0.2, 0) is 27.2 Å². The lowest BCUT2D eigenvalue weighted by Gasteiger charge is -2.29. The Hall–Kier alpha value is -5.24. The second kappa shape index (κ2) is 10.5. The highest BCUT2D eigenvalue weighted by Crippen LogP contribution is 2.46. The number of phenolic OH excluding ortho intramolecular Hbond substituents is 3. The third-order valence-corrected chi connectivity index (χ3v) is 8.88. The summed E-state index contributed by atoms with van der Waals surface area (Å²) in [6.07, 6.45) is 0. The van der Waals surface area contributed by atoms with Crippen LogP contribution in [0.25, 0.3) is 44.3 Å². The van der Waals surface area contributed by atoms with Crippen molar-refractivity contribution < 1.29 is 20.1 Å². The molecule has 0 spiro atoms. The Kier molecular flexibility index (Phi) is 6.88. The van der Waals surface area contributed by atoms with Crippen LogP contribution < -0.4 is 14.5 Å². The van der Waals surface area contributed by atoms with E-state index in [2.05, 4.69) is 45.2 Å². The van der Waals surface area contributed by atoms with Crippen LogP contribution in [0.3, 0.4) is 0 Å². The number of benzene rings is 4. The van der Waals surface area contributed by atoms with Crippen molar-refractivity contribution in [3.63, 3.8) is 0 Å². The maximum Gasteiger partial charge on any atom is 0.119 e. The average molecular weight is 591 g/mol. The van der Waals surface area contributed by atoms with Crippen LogP contribution in [0.2, 0.25) is 0 Å². The molecule has 2 aliphatic heterocycles. The van der Waals surface area contributed by atoms with Crippen molar-refractivity contribution in [1.29, 1.82) is 0 Å². The van der Waals surface area contributed by atoms with E-state index in [1.807, 2.05) is 56.6 Å². The van der Waals surface area contributed by atoms with Crippen molar-refractivity contribution >= 4 is 33.2 Å². The van der Waals surface area contributed by atoms with Gasteiger partial charge in [-0.25, -0.2) is 0 Å². The second-order valence-corrected chi connectivity index (χ2v) is 11.5. The van der Waals surface area contributed by atoms with E-state index in [4.69, 9.17) is 4.74 Å². The third-order valence-electron chi connectivity index (χ3n) is 8.88. The highest BCUT2D eigenvalue weighted by atomic mass is 16.5. The van der Waals surface area contributed by atoms with Crippen LogP contribution in [0.1, 0.15) is 18.6 Å². The first-order chi connectivity index (χ1) is 20.7. The molecule has 44 heavy (non-hydrogen) atoms. The Morgan fingerprint density at radius 2 is 1.00 bits per heavy atom. The number of aryl methyl sites for hydroxylation is 2. The van der Waals surface area contributed by atoms with Gasteiger partial charge in [-0.1, -0.05) is 7.43 Å². The van der Waals surface area contributed by atoms with Gasteiger partial charge in [-0.2, -0.15) is 0 Å².